The fourth-order valence-electron chi connectivity index (χ4n) is 2.00. The van der Waals surface area contributed by atoms with Gasteiger partial charge in [0, 0.05) is 28.8 Å². The third-order valence-electron chi connectivity index (χ3n) is 3.03. The van der Waals surface area contributed by atoms with E-state index in [1.54, 1.807) is 6.07 Å². The lowest BCUT2D eigenvalue weighted by Gasteiger charge is -2.34. The SMILES string of the molecule is CS(=O)(=O)C1CSCCN1C(=O)c1cc(Br)ccc1O. The Kier molecular flexibility index (Phi) is 4.66. The second kappa shape index (κ2) is 5.95. The van der Waals surface area contributed by atoms with Crippen LogP contribution in [0.5, 0.6) is 5.75 Å². The Morgan fingerprint density at radius 2 is 2.20 bits per heavy atom. The number of hydrogen-bond donors (Lipinski definition) is 1. The second-order valence-electron chi connectivity index (χ2n) is 4.52. The normalized spacial score (nSPS) is 19.9. The van der Waals surface area contributed by atoms with E-state index in [0.29, 0.717) is 22.5 Å². The Morgan fingerprint density at radius 1 is 1.50 bits per heavy atom. The van der Waals surface area contributed by atoms with Crippen molar-refractivity contribution in [2.24, 2.45) is 0 Å². The van der Waals surface area contributed by atoms with Gasteiger partial charge < -0.3 is 10.0 Å². The van der Waals surface area contributed by atoms with E-state index < -0.39 is 21.1 Å². The Hall–Kier alpha value is -0.730. The maximum Gasteiger partial charge on any atom is 0.258 e. The number of phenols is 1. The number of benzene rings is 1. The highest BCUT2D eigenvalue weighted by Gasteiger charge is 2.35. The third-order valence-corrected chi connectivity index (χ3v) is 6.17. The van der Waals surface area contributed by atoms with Crippen LogP contribution in [0.1, 0.15) is 10.4 Å². The monoisotopic (exact) mass is 379 g/mol. The summed E-state index contributed by atoms with van der Waals surface area (Å²) < 4.78 is 24.3. The van der Waals surface area contributed by atoms with Gasteiger partial charge in [0.25, 0.3) is 5.91 Å². The number of sulfone groups is 1. The van der Waals surface area contributed by atoms with E-state index >= 15 is 0 Å². The molecule has 110 valence electrons. The molecule has 2 rings (SSSR count). The summed E-state index contributed by atoms with van der Waals surface area (Å²) in [5.74, 6) is 0.439. The molecule has 0 bridgehead atoms. The van der Waals surface area contributed by atoms with Crippen LogP contribution in [0, 0.1) is 0 Å². The lowest BCUT2D eigenvalue weighted by atomic mass is 10.1. The first-order valence-corrected chi connectivity index (χ1v) is 9.77. The first-order chi connectivity index (χ1) is 9.30. The Morgan fingerprint density at radius 3 is 2.85 bits per heavy atom. The molecule has 1 aliphatic rings. The van der Waals surface area contributed by atoms with Crippen LogP contribution in [0.3, 0.4) is 0 Å². The molecule has 0 spiro atoms. The zero-order chi connectivity index (χ0) is 14.9. The molecule has 1 heterocycles. The first-order valence-electron chi connectivity index (χ1n) is 5.87. The zero-order valence-electron chi connectivity index (χ0n) is 10.7. The minimum absolute atomic E-state index is 0.111. The Labute approximate surface area is 130 Å². The quantitative estimate of drug-likeness (QED) is 0.846. The van der Waals surface area contributed by atoms with E-state index in [1.807, 2.05) is 0 Å². The van der Waals surface area contributed by atoms with Crippen LogP contribution in [0.15, 0.2) is 22.7 Å². The average molecular weight is 380 g/mol. The first kappa shape index (κ1) is 15.7. The minimum atomic E-state index is -3.36. The Bertz CT molecular complexity index is 632. The molecule has 1 aromatic carbocycles. The molecule has 1 aromatic rings. The van der Waals surface area contributed by atoms with Crippen LogP contribution in [-0.4, -0.2) is 54.0 Å². The molecule has 0 aromatic heterocycles. The Balaban J connectivity index is 2.37. The van der Waals surface area contributed by atoms with E-state index in [2.05, 4.69) is 15.9 Å². The van der Waals surface area contributed by atoms with Crippen LogP contribution in [0.2, 0.25) is 0 Å². The molecule has 0 radical (unpaired) electrons. The molecular weight excluding hydrogens is 366 g/mol. The van der Waals surface area contributed by atoms with Crippen LogP contribution < -0.4 is 0 Å². The number of thioether (sulfide) groups is 1. The van der Waals surface area contributed by atoms with Crippen molar-refractivity contribution in [1.82, 2.24) is 4.90 Å². The number of carbonyl (C=O) groups excluding carboxylic acids is 1. The second-order valence-corrected chi connectivity index (χ2v) is 8.79. The summed E-state index contributed by atoms with van der Waals surface area (Å²) in [6.45, 7) is 0.354. The summed E-state index contributed by atoms with van der Waals surface area (Å²) in [5.41, 5.74) is 0.111. The van der Waals surface area contributed by atoms with E-state index in [1.165, 1.54) is 28.8 Å². The number of halogens is 1. The molecule has 0 saturated carbocycles. The molecule has 1 N–H and O–H groups in total. The van der Waals surface area contributed by atoms with E-state index in [0.717, 1.165) is 6.26 Å². The minimum Gasteiger partial charge on any atom is -0.507 e. The summed E-state index contributed by atoms with van der Waals surface area (Å²) in [6.07, 6.45) is 1.13. The summed E-state index contributed by atoms with van der Waals surface area (Å²) in [7, 11) is -3.36. The van der Waals surface area contributed by atoms with Gasteiger partial charge >= 0.3 is 0 Å². The molecule has 8 heteroatoms. The van der Waals surface area contributed by atoms with Gasteiger partial charge in [-0.25, -0.2) is 8.42 Å². The number of carbonyl (C=O) groups is 1. The lowest BCUT2D eigenvalue weighted by Crippen LogP contribution is -2.49. The van der Waals surface area contributed by atoms with Crippen molar-refractivity contribution in [2.45, 2.75) is 5.37 Å². The fourth-order valence-corrected chi connectivity index (χ4v) is 5.18. The van der Waals surface area contributed by atoms with Gasteiger partial charge in [-0.15, -0.1) is 0 Å². The molecule has 1 unspecified atom stereocenters. The number of nitrogens with zero attached hydrogens (tertiary/aromatic N) is 1. The molecule has 1 saturated heterocycles. The van der Waals surface area contributed by atoms with Gasteiger partial charge in [-0.05, 0) is 18.2 Å². The molecule has 5 nitrogen and oxygen atoms in total. The van der Waals surface area contributed by atoms with Crippen LogP contribution in [0.4, 0.5) is 0 Å². The summed E-state index contributed by atoms with van der Waals surface area (Å²) >= 11 is 4.75. The number of phenolic OH excluding ortho intramolecular Hbond substituents is 1. The van der Waals surface area contributed by atoms with Gasteiger partial charge in [0.15, 0.2) is 9.84 Å². The number of rotatable bonds is 2. The highest BCUT2D eigenvalue weighted by atomic mass is 79.9. The number of amides is 1. The van der Waals surface area contributed by atoms with Gasteiger partial charge in [0.2, 0.25) is 0 Å². The van der Waals surface area contributed by atoms with Crippen LogP contribution >= 0.6 is 27.7 Å². The highest BCUT2D eigenvalue weighted by molar-refractivity contribution is 9.10. The average Bonchev–Trinajstić information content (AvgIpc) is 2.40. The molecule has 1 fully saturated rings. The summed E-state index contributed by atoms with van der Waals surface area (Å²) in [4.78, 5) is 13.8. The van der Waals surface area contributed by atoms with Crippen molar-refractivity contribution in [2.75, 3.05) is 24.3 Å². The smallest absolute Gasteiger partial charge is 0.258 e. The highest BCUT2D eigenvalue weighted by Crippen LogP contribution is 2.27. The lowest BCUT2D eigenvalue weighted by molar-refractivity contribution is 0.0746. The standard InChI is InChI=1S/C12H14BrNO4S2/c1-20(17,18)11-7-19-5-4-14(11)12(16)9-6-8(13)2-3-10(9)15/h2-3,6,11,15H,4-5,7H2,1H3. The zero-order valence-corrected chi connectivity index (χ0v) is 14.0. The van der Waals surface area contributed by atoms with E-state index in [-0.39, 0.29) is 11.3 Å². The van der Waals surface area contributed by atoms with Crippen LogP contribution in [0.25, 0.3) is 0 Å². The van der Waals surface area contributed by atoms with Crippen molar-refractivity contribution in [3.8, 4) is 5.75 Å². The largest absolute Gasteiger partial charge is 0.507 e. The summed E-state index contributed by atoms with van der Waals surface area (Å²) in [6, 6.07) is 4.52. The number of aromatic hydroxyl groups is 1. The predicted octanol–water partition coefficient (Wildman–Crippen LogP) is 1.71. The van der Waals surface area contributed by atoms with Crippen LogP contribution in [-0.2, 0) is 9.84 Å². The van der Waals surface area contributed by atoms with Crippen molar-refractivity contribution in [3.63, 3.8) is 0 Å². The summed E-state index contributed by atoms with van der Waals surface area (Å²) in [5, 5.41) is 8.96. The topological polar surface area (TPSA) is 74.7 Å². The van der Waals surface area contributed by atoms with Crippen molar-refractivity contribution >= 4 is 43.4 Å². The van der Waals surface area contributed by atoms with Gasteiger partial charge in [-0.1, -0.05) is 15.9 Å². The van der Waals surface area contributed by atoms with Crippen molar-refractivity contribution < 1.29 is 18.3 Å². The maximum atomic E-state index is 12.5. The van der Waals surface area contributed by atoms with Crippen molar-refractivity contribution in [1.29, 1.82) is 0 Å². The number of hydrogen-bond acceptors (Lipinski definition) is 5. The maximum absolute atomic E-state index is 12.5. The van der Waals surface area contributed by atoms with Gasteiger partial charge in [0.05, 0.1) is 5.56 Å². The van der Waals surface area contributed by atoms with E-state index in [9.17, 15) is 18.3 Å². The fraction of sp³-hybridized carbons (Fsp3) is 0.417. The molecule has 1 atom stereocenters. The van der Waals surface area contributed by atoms with Gasteiger partial charge in [-0.3, -0.25) is 4.79 Å². The van der Waals surface area contributed by atoms with Gasteiger partial charge in [0.1, 0.15) is 11.1 Å². The molecule has 1 amide bonds. The van der Waals surface area contributed by atoms with E-state index in [4.69, 9.17) is 0 Å². The molecule has 1 aliphatic heterocycles. The van der Waals surface area contributed by atoms with Gasteiger partial charge in [-0.2, -0.15) is 11.8 Å². The third kappa shape index (κ3) is 3.29. The molecule has 0 aliphatic carbocycles. The molecular formula is C12H14BrNO4S2. The molecule has 20 heavy (non-hydrogen) atoms. The van der Waals surface area contributed by atoms with Crippen molar-refractivity contribution in [3.05, 3.63) is 28.2 Å². The predicted molar refractivity (Wildman–Crippen MR) is 82.8 cm³/mol.